The number of fused-ring (bicyclic) bond motifs is 1. The second-order valence-electron chi connectivity index (χ2n) is 6.97. The number of aromatic nitrogens is 1. The van der Waals surface area contributed by atoms with Crippen LogP contribution in [0.2, 0.25) is 0 Å². The van der Waals surface area contributed by atoms with Gasteiger partial charge in [0.1, 0.15) is 5.75 Å². The zero-order valence-electron chi connectivity index (χ0n) is 16.7. The summed E-state index contributed by atoms with van der Waals surface area (Å²) >= 11 is 2.38. The minimum atomic E-state index is -0.957. The Labute approximate surface area is 186 Å². The zero-order valence-corrected chi connectivity index (χ0v) is 18.3. The van der Waals surface area contributed by atoms with Gasteiger partial charge in [0.15, 0.2) is 0 Å². The van der Waals surface area contributed by atoms with Gasteiger partial charge < -0.3 is 19.6 Å². The summed E-state index contributed by atoms with van der Waals surface area (Å²) in [6.45, 7) is 0. The number of hydrogen-bond donors (Lipinski definition) is 2. The molecule has 3 aromatic rings. The fourth-order valence-corrected chi connectivity index (χ4v) is 6.40. The second kappa shape index (κ2) is 8.60. The molecule has 3 atom stereocenters. The maximum Gasteiger partial charge on any atom is 0.337 e. The van der Waals surface area contributed by atoms with E-state index in [1.807, 2.05) is 12.1 Å². The molecule has 7 nitrogen and oxygen atoms in total. The van der Waals surface area contributed by atoms with Gasteiger partial charge >= 0.3 is 16.8 Å². The lowest BCUT2D eigenvalue weighted by Crippen LogP contribution is -2.30. The van der Waals surface area contributed by atoms with Gasteiger partial charge in [-0.3, -0.25) is 9.59 Å². The molecule has 31 heavy (non-hydrogen) atoms. The third kappa shape index (κ3) is 3.98. The van der Waals surface area contributed by atoms with E-state index in [9.17, 15) is 19.5 Å². The molecule has 1 aliphatic heterocycles. The number of rotatable bonds is 5. The average Bonchev–Trinajstić information content (AvgIpc) is 3.17. The highest BCUT2D eigenvalue weighted by atomic mass is 32.2. The Morgan fingerprint density at radius 3 is 2.23 bits per heavy atom. The number of aliphatic carboxylic acids is 1. The van der Waals surface area contributed by atoms with E-state index < -0.39 is 29.0 Å². The molecule has 0 amide bonds. The van der Waals surface area contributed by atoms with Crippen molar-refractivity contribution in [3.8, 4) is 5.75 Å². The maximum atomic E-state index is 12.5. The van der Waals surface area contributed by atoms with Gasteiger partial charge in [-0.1, -0.05) is 47.4 Å². The van der Waals surface area contributed by atoms with E-state index in [1.165, 1.54) is 18.9 Å². The maximum absolute atomic E-state index is 12.5. The molecule has 1 aliphatic rings. The molecular weight excluding hydrogens is 438 g/mol. The number of carbonyl (C=O) groups excluding carboxylic acids is 1. The van der Waals surface area contributed by atoms with E-state index in [-0.39, 0.29) is 4.87 Å². The van der Waals surface area contributed by atoms with Gasteiger partial charge in [-0.25, -0.2) is 4.79 Å². The molecule has 160 valence electrons. The number of benzene rings is 2. The lowest BCUT2D eigenvalue weighted by Gasteiger charge is -2.35. The molecule has 0 aliphatic carbocycles. The highest BCUT2D eigenvalue weighted by Crippen LogP contribution is 2.55. The molecule has 0 unspecified atom stereocenters. The quantitative estimate of drug-likeness (QED) is 0.560. The first-order chi connectivity index (χ1) is 14.9. The van der Waals surface area contributed by atoms with Crippen molar-refractivity contribution in [2.75, 3.05) is 14.2 Å². The SMILES string of the molecule is COC(=O)c1ccc([C@H]2c3sc(=O)[nH]c3S[C@@H](c3ccc(OC)cc3)[C@@H]2C(=O)O)cc1. The third-order valence-electron chi connectivity index (χ3n) is 5.27. The van der Waals surface area contributed by atoms with Crippen LogP contribution in [0.5, 0.6) is 5.75 Å². The lowest BCUT2D eigenvalue weighted by molar-refractivity contribution is -0.142. The number of methoxy groups -OCH3 is 2. The summed E-state index contributed by atoms with van der Waals surface area (Å²) in [6.07, 6.45) is 0. The van der Waals surface area contributed by atoms with E-state index in [1.54, 1.807) is 43.5 Å². The van der Waals surface area contributed by atoms with Gasteiger partial charge in [0.25, 0.3) is 0 Å². The van der Waals surface area contributed by atoms with Gasteiger partial charge in [0.05, 0.1) is 36.0 Å². The topological polar surface area (TPSA) is 106 Å². The molecule has 2 aromatic carbocycles. The van der Waals surface area contributed by atoms with Crippen LogP contribution in [0.3, 0.4) is 0 Å². The number of nitrogens with one attached hydrogen (secondary N) is 1. The number of thioether (sulfide) groups is 1. The number of thiazole rings is 1. The Morgan fingerprint density at radius 2 is 1.65 bits per heavy atom. The van der Waals surface area contributed by atoms with Crippen molar-refractivity contribution < 1.29 is 24.2 Å². The summed E-state index contributed by atoms with van der Waals surface area (Å²) in [5.74, 6) is -2.11. The Morgan fingerprint density at radius 1 is 1.00 bits per heavy atom. The van der Waals surface area contributed by atoms with Gasteiger partial charge in [-0.05, 0) is 35.4 Å². The summed E-state index contributed by atoms with van der Waals surface area (Å²) in [5.41, 5.74) is 1.92. The molecule has 0 spiro atoms. The highest BCUT2D eigenvalue weighted by molar-refractivity contribution is 7.99. The minimum Gasteiger partial charge on any atom is -0.497 e. The number of ether oxygens (including phenoxy) is 2. The molecule has 9 heteroatoms. The molecule has 2 heterocycles. The number of carboxylic acid groups (broad SMARTS) is 1. The van der Waals surface area contributed by atoms with Crippen molar-refractivity contribution in [1.82, 2.24) is 4.98 Å². The first-order valence-corrected chi connectivity index (χ1v) is 11.1. The molecule has 0 radical (unpaired) electrons. The molecule has 4 rings (SSSR count). The van der Waals surface area contributed by atoms with Crippen LogP contribution < -0.4 is 9.61 Å². The van der Waals surface area contributed by atoms with Gasteiger partial charge in [0.2, 0.25) is 0 Å². The molecule has 0 fully saturated rings. The van der Waals surface area contributed by atoms with E-state index in [0.717, 1.165) is 22.5 Å². The molecule has 0 bridgehead atoms. The van der Waals surface area contributed by atoms with E-state index in [2.05, 4.69) is 4.98 Å². The van der Waals surface area contributed by atoms with Gasteiger partial charge in [0, 0.05) is 10.8 Å². The lowest BCUT2D eigenvalue weighted by atomic mass is 9.80. The number of H-pyrrole nitrogens is 1. The van der Waals surface area contributed by atoms with Crippen LogP contribution in [0.15, 0.2) is 58.4 Å². The first kappa shape index (κ1) is 21.2. The van der Waals surface area contributed by atoms with Crippen molar-refractivity contribution in [1.29, 1.82) is 0 Å². The van der Waals surface area contributed by atoms with E-state index in [0.29, 0.717) is 21.2 Å². The first-order valence-electron chi connectivity index (χ1n) is 9.37. The van der Waals surface area contributed by atoms with Crippen molar-refractivity contribution in [2.45, 2.75) is 16.2 Å². The Bertz CT molecular complexity index is 1170. The summed E-state index contributed by atoms with van der Waals surface area (Å²) in [5, 5.41) is 10.5. The normalized spacial score (nSPS) is 20.0. The number of carboxylic acids is 1. The summed E-state index contributed by atoms with van der Waals surface area (Å²) < 4.78 is 9.96. The molecule has 0 saturated heterocycles. The zero-order chi connectivity index (χ0) is 22.1. The minimum absolute atomic E-state index is 0.229. The van der Waals surface area contributed by atoms with Crippen LogP contribution in [-0.2, 0) is 9.53 Å². The van der Waals surface area contributed by atoms with Gasteiger partial charge in [-0.2, -0.15) is 0 Å². The fraction of sp³-hybridized carbons (Fsp3) is 0.227. The summed E-state index contributed by atoms with van der Waals surface area (Å²) in [7, 11) is 2.87. The van der Waals surface area contributed by atoms with Gasteiger partial charge in [-0.15, -0.1) is 0 Å². The van der Waals surface area contributed by atoms with E-state index in [4.69, 9.17) is 9.47 Å². The summed E-state index contributed by atoms with van der Waals surface area (Å²) in [4.78, 5) is 39.7. The highest BCUT2D eigenvalue weighted by Gasteiger charge is 2.45. The Kier molecular flexibility index (Phi) is 5.88. The third-order valence-corrected chi connectivity index (χ3v) is 7.75. The summed E-state index contributed by atoms with van der Waals surface area (Å²) in [6, 6.07) is 13.9. The van der Waals surface area contributed by atoms with Crippen molar-refractivity contribution >= 4 is 35.0 Å². The van der Waals surface area contributed by atoms with Crippen LogP contribution in [0.4, 0.5) is 0 Å². The molecule has 2 N–H and O–H groups in total. The standard InChI is InChI=1S/C22H19NO6S2/c1-28-14-9-7-12(8-10-14)17-16(20(24)25)15(18-19(30-17)23-22(27)31-18)11-3-5-13(6-4-11)21(26)29-2/h3-10,15-17H,1-2H3,(H,23,27)(H,24,25)/t15-,16-,17+/m1/s1. The number of esters is 1. The van der Waals surface area contributed by atoms with E-state index >= 15 is 0 Å². The monoisotopic (exact) mass is 457 g/mol. The fourth-order valence-electron chi connectivity index (χ4n) is 3.80. The largest absolute Gasteiger partial charge is 0.497 e. The Hall–Kier alpha value is -3.04. The smallest absolute Gasteiger partial charge is 0.337 e. The number of aromatic amines is 1. The van der Waals surface area contributed by atoms with Crippen LogP contribution >= 0.6 is 23.1 Å². The Balaban J connectivity index is 1.83. The molecule has 0 saturated carbocycles. The average molecular weight is 458 g/mol. The van der Waals surface area contributed by atoms with Crippen molar-refractivity contribution in [2.24, 2.45) is 5.92 Å². The second-order valence-corrected chi connectivity index (χ2v) is 9.14. The van der Waals surface area contributed by atoms with Crippen LogP contribution in [0, 0.1) is 5.92 Å². The van der Waals surface area contributed by atoms with Crippen LogP contribution in [-0.4, -0.2) is 36.2 Å². The molecular formula is C22H19NO6S2. The number of hydrogen-bond acceptors (Lipinski definition) is 7. The predicted octanol–water partition coefficient (Wildman–Crippen LogP) is 3.91. The predicted molar refractivity (Wildman–Crippen MR) is 117 cm³/mol. The van der Waals surface area contributed by atoms with Crippen molar-refractivity contribution in [3.05, 3.63) is 79.8 Å². The van der Waals surface area contributed by atoms with Crippen molar-refractivity contribution in [3.63, 3.8) is 0 Å². The van der Waals surface area contributed by atoms with Crippen LogP contribution in [0.1, 0.15) is 37.5 Å². The van der Waals surface area contributed by atoms with Crippen LogP contribution in [0.25, 0.3) is 0 Å². The number of carbonyl (C=O) groups is 2. The molecule has 1 aromatic heterocycles.